The minimum Gasteiger partial charge on any atom is -0.461 e. The van der Waals surface area contributed by atoms with E-state index in [-0.39, 0.29) is 18.3 Å². The summed E-state index contributed by atoms with van der Waals surface area (Å²) < 4.78 is 12.4. The summed E-state index contributed by atoms with van der Waals surface area (Å²) in [6.45, 7) is 2.93. The second-order valence-electron chi connectivity index (χ2n) is 6.40. The molecule has 0 saturated heterocycles. The molecule has 1 aromatic carbocycles. The molecule has 29 heavy (non-hydrogen) atoms. The molecule has 0 aliphatic carbocycles. The van der Waals surface area contributed by atoms with Crippen LogP contribution in [0.25, 0.3) is 11.6 Å². The molecule has 0 saturated carbocycles. The van der Waals surface area contributed by atoms with Crippen LogP contribution in [-0.4, -0.2) is 45.5 Å². The van der Waals surface area contributed by atoms with Crippen LogP contribution < -0.4 is 4.90 Å². The van der Waals surface area contributed by atoms with E-state index in [9.17, 15) is 9.59 Å². The summed E-state index contributed by atoms with van der Waals surface area (Å²) in [7, 11) is 0. The molecule has 8 nitrogen and oxygen atoms in total. The van der Waals surface area contributed by atoms with Crippen LogP contribution in [-0.2, 0) is 27.3 Å². The van der Waals surface area contributed by atoms with Crippen molar-refractivity contribution < 1.29 is 18.7 Å². The number of amides is 1. The number of benzene rings is 1. The van der Waals surface area contributed by atoms with E-state index in [0.717, 1.165) is 17.7 Å². The van der Waals surface area contributed by atoms with Crippen LogP contribution in [0.2, 0.25) is 0 Å². The third-order valence-corrected chi connectivity index (χ3v) is 5.58. The van der Waals surface area contributed by atoms with Crippen molar-refractivity contribution in [1.29, 1.82) is 0 Å². The van der Waals surface area contributed by atoms with E-state index < -0.39 is 5.97 Å². The zero-order valence-electron chi connectivity index (χ0n) is 15.9. The molecule has 0 unspecified atom stereocenters. The summed E-state index contributed by atoms with van der Waals surface area (Å²) in [6.07, 6.45) is 2.39. The Hall–Kier alpha value is -3.07. The molecular weight excluding hydrogens is 392 g/mol. The first-order chi connectivity index (χ1) is 14.2. The Kier molecular flexibility index (Phi) is 5.66. The van der Waals surface area contributed by atoms with Crippen molar-refractivity contribution in [2.45, 2.75) is 25.0 Å². The third-order valence-electron chi connectivity index (χ3n) is 4.64. The second kappa shape index (κ2) is 8.52. The monoisotopic (exact) mass is 412 g/mol. The predicted octanol–water partition coefficient (Wildman–Crippen LogP) is 2.78. The van der Waals surface area contributed by atoms with Gasteiger partial charge in [0.1, 0.15) is 0 Å². The molecule has 2 aromatic heterocycles. The van der Waals surface area contributed by atoms with Crippen molar-refractivity contribution in [2.75, 3.05) is 23.8 Å². The number of esters is 1. The molecule has 1 amide bonds. The molecule has 1 aliphatic heterocycles. The van der Waals surface area contributed by atoms with E-state index in [0.29, 0.717) is 29.8 Å². The molecule has 0 bridgehead atoms. The summed E-state index contributed by atoms with van der Waals surface area (Å²) in [5, 5.41) is 8.87. The Labute approximate surface area is 171 Å². The van der Waals surface area contributed by atoms with Crippen LogP contribution in [0.3, 0.4) is 0 Å². The van der Waals surface area contributed by atoms with E-state index in [2.05, 4.69) is 10.2 Å². The number of rotatable bonds is 7. The highest BCUT2D eigenvalue weighted by Gasteiger charge is 2.25. The van der Waals surface area contributed by atoms with Gasteiger partial charge in [-0.05, 0) is 37.1 Å². The topological polar surface area (TPSA) is 90.5 Å². The van der Waals surface area contributed by atoms with Crippen molar-refractivity contribution in [3.8, 4) is 11.6 Å². The average molecular weight is 412 g/mol. The van der Waals surface area contributed by atoms with Gasteiger partial charge in [0, 0.05) is 18.8 Å². The molecule has 3 aromatic rings. The minimum atomic E-state index is -0.471. The first-order valence-corrected chi connectivity index (χ1v) is 10.3. The lowest BCUT2D eigenvalue weighted by atomic mass is 10.2. The number of thioether (sulfide) groups is 1. The fourth-order valence-corrected chi connectivity index (χ4v) is 4.05. The molecular formula is C20H20N4O4S. The fourth-order valence-electron chi connectivity index (χ4n) is 3.25. The van der Waals surface area contributed by atoms with E-state index in [1.165, 1.54) is 11.8 Å². The molecule has 0 fully saturated rings. The fraction of sp³-hybridized carbons (Fsp3) is 0.300. The Morgan fingerprint density at radius 2 is 2.07 bits per heavy atom. The first-order valence-electron chi connectivity index (χ1n) is 9.31. The van der Waals surface area contributed by atoms with E-state index in [1.807, 2.05) is 35.8 Å². The molecule has 1 aliphatic rings. The van der Waals surface area contributed by atoms with Crippen molar-refractivity contribution in [3.05, 3.63) is 48.2 Å². The van der Waals surface area contributed by atoms with Crippen molar-refractivity contribution >= 4 is 29.3 Å². The number of furan rings is 1. The van der Waals surface area contributed by atoms with Gasteiger partial charge in [0.15, 0.2) is 23.3 Å². The molecule has 150 valence electrons. The maximum absolute atomic E-state index is 12.4. The number of aromatic nitrogens is 3. The zero-order chi connectivity index (χ0) is 20.2. The zero-order valence-corrected chi connectivity index (χ0v) is 16.7. The Bertz CT molecular complexity index is 1020. The maximum Gasteiger partial charge on any atom is 0.316 e. The highest BCUT2D eigenvalue weighted by Crippen LogP contribution is 2.27. The summed E-state index contributed by atoms with van der Waals surface area (Å²) in [4.78, 5) is 26.2. The van der Waals surface area contributed by atoms with Gasteiger partial charge in [-0.25, -0.2) is 0 Å². The van der Waals surface area contributed by atoms with Gasteiger partial charge in [-0.2, -0.15) is 0 Å². The van der Waals surface area contributed by atoms with Crippen molar-refractivity contribution in [2.24, 2.45) is 0 Å². The number of nitrogens with zero attached hydrogens (tertiary/aromatic N) is 4. The van der Waals surface area contributed by atoms with Gasteiger partial charge in [0.25, 0.3) is 5.91 Å². The molecule has 0 atom stereocenters. The van der Waals surface area contributed by atoms with E-state index >= 15 is 0 Å². The van der Waals surface area contributed by atoms with Crippen molar-refractivity contribution in [3.63, 3.8) is 0 Å². The number of hydrogen-bond acceptors (Lipinski definition) is 7. The van der Waals surface area contributed by atoms with Gasteiger partial charge in [-0.15, -0.1) is 10.2 Å². The summed E-state index contributed by atoms with van der Waals surface area (Å²) in [5.41, 5.74) is 2.03. The largest absolute Gasteiger partial charge is 0.461 e. The number of carbonyl (C=O) groups excluding carboxylic acids is 2. The number of hydrogen-bond donors (Lipinski definition) is 0. The molecule has 0 radical (unpaired) electrons. The van der Waals surface area contributed by atoms with Crippen LogP contribution in [0.1, 0.15) is 12.5 Å². The summed E-state index contributed by atoms with van der Waals surface area (Å²) in [6, 6.07) is 11.4. The van der Waals surface area contributed by atoms with Gasteiger partial charge >= 0.3 is 5.97 Å². The van der Waals surface area contributed by atoms with E-state index in [4.69, 9.17) is 9.15 Å². The molecule has 4 rings (SSSR count). The molecule has 0 N–H and O–H groups in total. The lowest BCUT2D eigenvalue weighted by Crippen LogP contribution is -2.33. The lowest BCUT2D eigenvalue weighted by Gasteiger charge is -2.17. The number of anilines is 1. The standard InChI is InChI=1S/C20H20N4O4S/c1-2-23-19(16-8-5-11-27-16)21-22-20(23)29-13-18(26)28-12-17(25)24-10-9-14-6-3-4-7-15(14)24/h3-8,11H,2,9-10,12-13H2,1H3. The van der Waals surface area contributed by atoms with Gasteiger partial charge < -0.3 is 14.1 Å². The second-order valence-corrected chi connectivity index (χ2v) is 7.34. The highest BCUT2D eigenvalue weighted by molar-refractivity contribution is 7.99. The smallest absolute Gasteiger partial charge is 0.316 e. The maximum atomic E-state index is 12.4. The summed E-state index contributed by atoms with van der Waals surface area (Å²) >= 11 is 1.22. The SMILES string of the molecule is CCn1c(SCC(=O)OCC(=O)N2CCc3ccccc32)nnc1-c1ccco1. The first kappa shape index (κ1) is 19.3. The molecule has 0 spiro atoms. The minimum absolute atomic E-state index is 0.0418. The molecule has 3 heterocycles. The van der Waals surface area contributed by atoms with Crippen LogP contribution in [0.5, 0.6) is 0 Å². The average Bonchev–Trinajstić information content (AvgIpc) is 3.48. The quantitative estimate of drug-likeness (QED) is 0.435. The van der Waals surface area contributed by atoms with Crippen LogP contribution in [0.4, 0.5) is 5.69 Å². The third kappa shape index (κ3) is 4.04. The van der Waals surface area contributed by atoms with E-state index in [1.54, 1.807) is 23.3 Å². The highest BCUT2D eigenvalue weighted by atomic mass is 32.2. The predicted molar refractivity (Wildman–Crippen MR) is 108 cm³/mol. The van der Waals surface area contributed by atoms with Crippen molar-refractivity contribution in [1.82, 2.24) is 14.8 Å². The number of fused-ring (bicyclic) bond motifs is 1. The number of para-hydroxylation sites is 1. The normalized spacial score (nSPS) is 12.8. The van der Waals surface area contributed by atoms with Gasteiger partial charge in [0.2, 0.25) is 0 Å². The van der Waals surface area contributed by atoms with Gasteiger partial charge in [0.05, 0.1) is 12.0 Å². The van der Waals surface area contributed by atoms with Gasteiger partial charge in [-0.3, -0.25) is 14.2 Å². The Morgan fingerprint density at radius 1 is 1.21 bits per heavy atom. The Balaban J connectivity index is 1.30. The Morgan fingerprint density at radius 3 is 2.86 bits per heavy atom. The van der Waals surface area contributed by atoms with Crippen LogP contribution >= 0.6 is 11.8 Å². The summed E-state index contributed by atoms with van der Waals surface area (Å²) in [5.74, 6) is 0.577. The van der Waals surface area contributed by atoms with Crippen LogP contribution in [0.15, 0.2) is 52.2 Å². The van der Waals surface area contributed by atoms with Crippen LogP contribution in [0, 0.1) is 0 Å². The van der Waals surface area contributed by atoms with Gasteiger partial charge in [-0.1, -0.05) is 30.0 Å². The molecule has 9 heteroatoms. The lowest BCUT2D eigenvalue weighted by molar-refractivity contribution is -0.145. The number of ether oxygens (including phenoxy) is 1. The number of carbonyl (C=O) groups is 2.